The van der Waals surface area contributed by atoms with E-state index in [4.69, 9.17) is 11.6 Å². The van der Waals surface area contributed by atoms with Gasteiger partial charge >= 0.3 is 0 Å². The highest BCUT2D eigenvalue weighted by molar-refractivity contribution is 6.31. The molecule has 4 rings (SSSR count). The maximum absolute atomic E-state index is 12.3. The average Bonchev–Trinajstić information content (AvgIpc) is 3.31. The standard InChI is InChI=1S/C22H25ClN4O/c1-15-25-20-4-2-3-5-21(20)27(15)14-17-12-18(7-8-19(17)23)26-22(28)9-6-16-10-11-24-13-16/h2-5,7-8,12,16,24H,6,9-11,13-14H2,1H3,(H,26,28). The minimum atomic E-state index is 0.0597. The van der Waals surface area contributed by atoms with Crippen molar-refractivity contribution in [3.63, 3.8) is 0 Å². The lowest BCUT2D eigenvalue weighted by atomic mass is 10.0. The first-order chi connectivity index (χ1) is 13.6. The molecular weight excluding hydrogens is 372 g/mol. The molecule has 3 aromatic rings. The Labute approximate surface area is 170 Å². The molecule has 1 saturated heterocycles. The molecule has 146 valence electrons. The van der Waals surface area contributed by atoms with Crippen molar-refractivity contribution in [3.8, 4) is 0 Å². The molecule has 0 saturated carbocycles. The normalized spacial score (nSPS) is 16.6. The number of anilines is 1. The van der Waals surface area contributed by atoms with Crippen molar-refractivity contribution in [2.45, 2.75) is 32.7 Å². The van der Waals surface area contributed by atoms with E-state index in [-0.39, 0.29) is 5.91 Å². The molecule has 1 aromatic heterocycles. The highest BCUT2D eigenvalue weighted by Gasteiger charge is 2.16. The van der Waals surface area contributed by atoms with Crippen molar-refractivity contribution >= 4 is 34.2 Å². The summed E-state index contributed by atoms with van der Waals surface area (Å²) in [6, 6.07) is 13.7. The summed E-state index contributed by atoms with van der Waals surface area (Å²) in [5.74, 6) is 1.62. The van der Waals surface area contributed by atoms with Crippen molar-refractivity contribution < 1.29 is 4.79 Å². The maximum Gasteiger partial charge on any atom is 0.224 e. The van der Waals surface area contributed by atoms with E-state index < -0.39 is 0 Å². The quantitative estimate of drug-likeness (QED) is 0.650. The first kappa shape index (κ1) is 19.0. The summed E-state index contributed by atoms with van der Waals surface area (Å²) in [4.78, 5) is 16.9. The lowest BCUT2D eigenvalue weighted by Gasteiger charge is -2.12. The van der Waals surface area contributed by atoms with Crippen LogP contribution in [0.1, 0.15) is 30.7 Å². The van der Waals surface area contributed by atoms with Gasteiger partial charge in [-0.1, -0.05) is 23.7 Å². The summed E-state index contributed by atoms with van der Waals surface area (Å²) in [5.41, 5.74) is 3.80. The first-order valence-electron chi connectivity index (χ1n) is 9.81. The molecular formula is C22H25ClN4O. The summed E-state index contributed by atoms with van der Waals surface area (Å²) >= 11 is 6.45. The number of nitrogens with zero attached hydrogens (tertiary/aromatic N) is 2. The Bertz CT molecular complexity index is 991. The third-order valence-corrected chi connectivity index (χ3v) is 5.81. The molecule has 1 atom stereocenters. The molecule has 6 heteroatoms. The Kier molecular flexibility index (Phi) is 5.64. The number of hydrogen-bond donors (Lipinski definition) is 2. The largest absolute Gasteiger partial charge is 0.326 e. The van der Waals surface area contributed by atoms with E-state index in [9.17, 15) is 4.79 Å². The SMILES string of the molecule is Cc1nc2ccccc2n1Cc1cc(NC(=O)CCC2CCNC2)ccc1Cl. The Balaban J connectivity index is 1.47. The number of benzene rings is 2. The average molecular weight is 397 g/mol. The van der Waals surface area contributed by atoms with Gasteiger partial charge in [0, 0.05) is 17.1 Å². The monoisotopic (exact) mass is 396 g/mol. The van der Waals surface area contributed by atoms with Crippen molar-refractivity contribution in [2.75, 3.05) is 18.4 Å². The third kappa shape index (κ3) is 4.21. The second-order valence-corrected chi connectivity index (χ2v) is 7.89. The number of fused-ring (bicyclic) bond motifs is 1. The van der Waals surface area contributed by atoms with E-state index in [1.165, 1.54) is 0 Å². The van der Waals surface area contributed by atoms with Crippen LogP contribution in [0.5, 0.6) is 0 Å². The number of carbonyl (C=O) groups is 1. The van der Waals surface area contributed by atoms with Crippen LogP contribution in [0.15, 0.2) is 42.5 Å². The van der Waals surface area contributed by atoms with Crippen LogP contribution in [0.3, 0.4) is 0 Å². The zero-order valence-electron chi connectivity index (χ0n) is 16.0. The number of aromatic nitrogens is 2. The van der Waals surface area contributed by atoms with E-state index >= 15 is 0 Å². The third-order valence-electron chi connectivity index (χ3n) is 5.45. The van der Waals surface area contributed by atoms with Crippen molar-refractivity contribution in [1.29, 1.82) is 0 Å². The van der Waals surface area contributed by atoms with Crippen LogP contribution in [0.4, 0.5) is 5.69 Å². The molecule has 5 nitrogen and oxygen atoms in total. The van der Waals surface area contributed by atoms with Gasteiger partial charge in [0.2, 0.25) is 5.91 Å². The first-order valence-corrected chi connectivity index (χ1v) is 10.2. The highest BCUT2D eigenvalue weighted by Crippen LogP contribution is 2.25. The van der Waals surface area contributed by atoms with E-state index in [1.807, 2.05) is 43.3 Å². The van der Waals surface area contributed by atoms with Gasteiger partial charge in [-0.3, -0.25) is 4.79 Å². The Morgan fingerprint density at radius 1 is 1.32 bits per heavy atom. The Morgan fingerprint density at radius 2 is 2.18 bits per heavy atom. The van der Waals surface area contributed by atoms with Crippen LogP contribution in [-0.2, 0) is 11.3 Å². The molecule has 1 fully saturated rings. The smallest absolute Gasteiger partial charge is 0.224 e. The van der Waals surface area contributed by atoms with Crippen molar-refractivity contribution in [2.24, 2.45) is 5.92 Å². The molecule has 0 aliphatic carbocycles. The molecule has 28 heavy (non-hydrogen) atoms. The van der Waals surface area contributed by atoms with Gasteiger partial charge in [0.05, 0.1) is 17.6 Å². The minimum Gasteiger partial charge on any atom is -0.326 e. The fourth-order valence-electron chi connectivity index (χ4n) is 3.86. The van der Waals surface area contributed by atoms with Crippen LogP contribution in [0.25, 0.3) is 11.0 Å². The number of halogens is 1. The minimum absolute atomic E-state index is 0.0597. The lowest BCUT2D eigenvalue weighted by Crippen LogP contribution is -2.15. The lowest BCUT2D eigenvalue weighted by molar-refractivity contribution is -0.116. The van der Waals surface area contributed by atoms with Crippen LogP contribution < -0.4 is 10.6 Å². The van der Waals surface area contributed by atoms with E-state index in [0.717, 1.165) is 54.0 Å². The van der Waals surface area contributed by atoms with Gasteiger partial charge in [-0.2, -0.15) is 0 Å². The number of imidazole rings is 1. The summed E-state index contributed by atoms with van der Waals surface area (Å²) in [7, 11) is 0. The molecule has 1 unspecified atom stereocenters. The molecule has 0 spiro atoms. The van der Waals surface area contributed by atoms with E-state index in [1.54, 1.807) is 0 Å². The van der Waals surface area contributed by atoms with Crippen LogP contribution in [0, 0.1) is 12.8 Å². The topological polar surface area (TPSA) is 59.0 Å². The summed E-state index contributed by atoms with van der Waals surface area (Å²) in [6.45, 7) is 4.70. The van der Waals surface area contributed by atoms with Gasteiger partial charge in [-0.05, 0) is 74.7 Å². The second kappa shape index (κ2) is 8.33. The number of carbonyl (C=O) groups excluding carboxylic acids is 1. The maximum atomic E-state index is 12.3. The number of aryl methyl sites for hydroxylation is 1. The van der Waals surface area contributed by atoms with Crippen molar-refractivity contribution in [1.82, 2.24) is 14.9 Å². The van der Waals surface area contributed by atoms with Gasteiger partial charge in [0.15, 0.2) is 0 Å². The molecule has 2 aromatic carbocycles. The van der Waals surface area contributed by atoms with Crippen LogP contribution in [-0.4, -0.2) is 28.5 Å². The summed E-state index contributed by atoms with van der Waals surface area (Å²) < 4.78 is 2.15. The zero-order chi connectivity index (χ0) is 19.5. The summed E-state index contributed by atoms with van der Waals surface area (Å²) in [6.07, 6.45) is 2.64. The van der Waals surface area contributed by atoms with E-state index in [2.05, 4.69) is 26.3 Å². The molecule has 2 N–H and O–H groups in total. The summed E-state index contributed by atoms with van der Waals surface area (Å²) in [5, 5.41) is 7.05. The van der Waals surface area contributed by atoms with Gasteiger partial charge in [-0.25, -0.2) is 4.98 Å². The predicted molar refractivity (Wildman–Crippen MR) is 114 cm³/mol. The predicted octanol–water partition coefficient (Wildman–Crippen LogP) is 4.37. The van der Waals surface area contributed by atoms with Gasteiger partial charge in [0.25, 0.3) is 0 Å². The van der Waals surface area contributed by atoms with Crippen molar-refractivity contribution in [3.05, 3.63) is 58.9 Å². The fraction of sp³-hybridized carbons (Fsp3) is 0.364. The second-order valence-electron chi connectivity index (χ2n) is 7.49. The molecule has 0 bridgehead atoms. The fourth-order valence-corrected chi connectivity index (χ4v) is 4.04. The molecule has 2 heterocycles. The number of para-hydroxylation sites is 2. The number of nitrogens with one attached hydrogen (secondary N) is 2. The van der Waals surface area contributed by atoms with Crippen LogP contribution in [0.2, 0.25) is 5.02 Å². The highest BCUT2D eigenvalue weighted by atomic mass is 35.5. The number of hydrogen-bond acceptors (Lipinski definition) is 3. The van der Waals surface area contributed by atoms with Gasteiger partial charge in [-0.15, -0.1) is 0 Å². The number of rotatable bonds is 6. The Hall–Kier alpha value is -2.37. The molecule has 1 amide bonds. The van der Waals surface area contributed by atoms with Crippen LogP contribution >= 0.6 is 11.6 Å². The Morgan fingerprint density at radius 3 is 3.00 bits per heavy atom. The molecule has 1 aliphatic rings. The van der Waals surface area contributed by atoms with Gasteiger partial charge in [0.1, 0.15) is 5.82 Å². The molecule has 0 radical (unpaired) electrons. The zero-order valence-corrected chi connectivity index (χ0v) is 16.8. The van der Waals surface area contributed by atoms with Gasteiger partial charge < -0.3 is 15.2 Å². The number of amides is 1. The molecule has 1 aliphatic heterocycles. The van der Waals surface area contributed by atoms with E-state index in [0.29, 0.717) is 23.9 Å².